The number of nitrogens with one attached hydrogen (secondary N) is 1. The van der Waals surface area contributed by atoms with Crippen molar-refractivity contribution in [3.63, 3.8) is 0 Å². The van der Waals surface area contributed by atoms with Gasteiger partial charge in [0.1, 0.15) is 11.6 Å². The molecule has 1 heterocycles. The van der Waals surface area contributed by atoms with E-state index in [-0.39, 0.29) is 0 Å². The Kier molecular flexibility index (Phi) is 3.65. The fraction of sp³-hybridized carbons (Fsp3) is 0.714. The van der Waals surface area contributed by atoms with E-state index in [0.717, 1.165) is 29.2 Å². The second-order valence-corrected chi connectivity index (χ2v) is 5.70. The quantitative estimate of drug-likeness (QED) is 0.851. The maximum Gasteiger partial charge on any atom is 0.130 e. The molecule has 1 aromatic heterocycles. The van der Waals surface area contributed by atoms with E-state index < -0.39 is 0 Å². The van der Waals surface area contributed by atoms with Gasteiger partial charge in [-0.15, -0.1) is 0 Å². The number of hydrogen-bond donors (Lipinski definition) is 1. The van der Waals surface area contributed by atoms with Crippen molar-refractivity contribution in [2.75, 3.05) is 5.32 Å². The van der Waals surface area contributed by atoms with Crippen molar-refractivity contribution in [3.8, 4) is 0 Å². The number of nitrogens with zero attached hydrogens (tertiary/aromatic N) is 2. The van der Waals surface area contributed by atoms with Crippen LogP contribution >= 0.6 is 0 Å². The number of hydrogen-bond acceptors (Lipinski definition) is 3. The van der Waals surface area contributed by atoms with Gasteiger partial charge in [0.25, 0.3) is 0 Å². The van der Waals surface area contributed by atoms with E-state index in [4.69, 9.17) is 0 Å². The van der Waals surface area contributed by atoms with E-state index in [0.29, 0.717) is 6.04 Å². The summed E-state index contributed by atoms with van der Waals surface area (Å²) in [6, 6.07) is 2.61. The zero-order valence-corrected chi connectivity index (χ0v) is 11.3. The highest BCUT2D eigenvalue weighted by Crippen LogP contribution is 2.30. The summed E-state index contributed by atoms with van der Waals surface area (Å²) in [6.45, 7) is 8.66. The molecular weight excluding hydrogens is 210 g/mol. The van der Waals surface area contributed by atoms with E-state index in [1.807, 2.05) is 19.9 Å². The Hall–Kier alpha value is -1.12. The summed E-state index contributed by atoms with van der Waals surface area (Å²) in [4.78, 5) is 8.76. The second kappa shape index (κ2) is 5.03. The summed E-state index contributed by atoms with van der Waals surface area (Å²) in [5, 5.41) is 3.57. The lowest BCUT2D eigenvalue weighted by Crippen LogP contribution is -2.30. The first-order valence-corrected chi connectivity index (χ1v) is 6.61. The van der Waals surface area contributed by atoms with Gasteiger partial charge in [-0.2, -0.15) is 0 Å². The van der Waals surface area contributed by atoms with Gasteiger partial charge in [-0.1, -0.05) is 13.8 Å². The van der Waals surface area contributed by atoms with E-state index in [1.54, 1.807) is 0 Å². The molecule has 1 aliphatic carbocycles. The van der Waals surface area contributed by atoms with Crippen molar-refractivity contribution in [3.05, 3.63) is 17.6 Å². The Bertz CT molecular complexity index is 359. The fourth-order valence-corrected chi connectivity index (χ4v) is 3.06. The van der Waals surface area contributed by atoms with Gasteiger partial charge in [0.15, 0.2) is 0 Å². The van der Waals surface area contributed by atoms with Crippen LogP contribution < -0.4 is 5.32 Å². The minimum absolute atomic E-state index is 0.572. The molecule has 1 aliphatic rings. The van der Waals surface area contributed by atoms with Crippen LogP contribution in [0.15, 0.2) is 6.07 Å². The minimum atomic E-state index is 0.572. The van der Waals surface area contributed by atoms with E-state index in [2.05, 4.69) is 29.1 Å². The molecule has 0 bridgehead atoms. The van der Waals surface area contributed by atoms with Crippen molar-refractivity contribution in [2.24, 2.45) is 11.8 Å². The monoisotopic (exact) mass is 233 g/mol. The molecule has 0 spiro atoms. The van der Waals surface area contributed by atoms with Crippen molar-refractivity contribution in [1.82, 2.24) is 9.97 Å². The normalized spacial score (nSPS) is 29.1. The lowest BCUT2D eigenvalue weighted by molar-refractivity contribution is 0.280. The molecule has 1 N–H and O–H groups in total. The largest absolute Gasteiger partial charge is 0.367 e. The average Bonchev–Trinajstić information content (AvgIpc) is 2.13. The number of rotatable bonds is 2. The van der Waals surface area contributed by atoms with Gasteiger partial charge in [-0.05, 0) is 44.9 Å². The third-order valence-corrected chi connectivity index (χ3v) is 3.50. The van der Waals surface area contributed by atoms with Gasteiger partial charge >= 0.3 is 0 Å². The van der Waals surface area contributed by atoms with Crippen molar-refractivity contribution in [2.45, 2.75) is 53.0 Å². The smallest absolute Gasteiger partial charge is 0.130 e. The third kappa shape index (κ3) is 3.42. The highest BCUT2D eigenvalue weighted by atomic mass is 15.0. The van der Waals surface area contributed by atoms with Gasteiger partial charge in [-0.25, -0.2) is 9.97 Å². The molecule has 0 aromatic carbocycles. The highest BCUT2D eigenvalue weighted by Gasteiger charge is 2.23. The Balaban J connectivity index is 2.04. The molecule has 17 heavy (non-hydrogen) atoms. The van der Waals surface area contributed by atoms with Crippen molar-refractivity contribution < 1.29 is 0 Å². The minimum Gasteiger partial charge on any atom is -0.367 e. The molecule has 1 saturated carbocycles. The van der Waals surface area contributed by atoms with Gasteiger partial charge in [0.05, 0.1) is 0 Å². The summed E-state index contributed by atoms with van der Waals surface area (Å²) in [5.41, 5.74) is 1.04. The summed E-state index contributed by atoms with van der Waals surface area (Å²) >= 11 is 0. The number of aromatic nitrogens is 2. The molecule has 3 nitrogen and oxygen atoms in total. The maximum atomic E-state index is 4.46. The standard InChI is InChI=1S/C14H23N3/c1-9-5-10(2)7-13(6-9)17-14-8-11(3)15-12(4)16-14/h8-10,13H,5-7H2,1-4H3,(H,15,16,17). The van der Waals surface area contributed by atoms with Crippen LogP contribution in [0.1, 0.15) is 44.6 Å². The lowest BCUT2D eigenvalue weighted by atomic mass is 9.80. The van der Waals surface area contributed by atoms with Crippen molar-refractivity contribution in [1.29, 1.82) is 0 Å². The van der Waals surface area contributed by atoms with Crippen molar-refractivity contribution >= 4 is 5.82 Å². The molecule has 2 rings (SSSR count). The zero-order valence-electron chi connectivity index (χ0n) is 11.3. The molecule has 1 fully saturated rings. The summed E-state index contributed by atoms with van der Waals surface area (Å²) in [6.07, 6.45) is 3.87. The van der Waals surface area contributed by atoms with Crippen LogP contribution in [0, 0.1) is 25.7 Å². The summed E-state index contributed by atoms with van der Waals surface area (Å²) in [5.74, 6) is 3.48. The molecule has 1 aromatic rings. The maximum absolute atomic E-state index is 4.46. The number of anilines is 1. The molecule has 2 atom stereocenters. The molecule has 3 heteroatoms. The van der Waals surface area contributed by atoms with Crippen LogP contribution in [0.25, 0.3) is 0 Å². The zero-order chi connectivity index (χ0) is 12.4. The van der Waals surface area contributed by atoms with Crippen LogP contribution in [-0.2, 0) is 0 Å². The molecular formula is C14H23N3. The van der Waals surface area contributed by atoms with Gasteiger partial charge in [-0.3, -0.25) is 0 Å². The third-order valence-electron chi connectivity index (χ3n) is 3.50. The predicted molar refractivity (Wildman–Crippen MR) is 71.1 cm³/mol. The number of aryl methyl sites for hydroxylation is 2. The Morgan fingerprint density at radius 3 is 2.29 bits per heavy atom. The van der Waals surface area contributed by atoms with Crippen LogP contribution in [0.2, 0.25) is 0 Å². The molecule has 94 valence electrons. The van der Waals surface area contributed by atoms with Gasteiger partial charge < -0.3 is 5.32 Å². The Labute approximate surface area is 104 Å². The average molecular weight is 233 g/mol. The Morgan fingerprint density at radius 2 is 1.71 bits per heavy atom. The highest BCUT2D eigenvalue weighted by molar-refractivity contribution is 5.37. The molecule has 0 saturated heterocycles. The first-order valence-electron chi connectivity index (χ1n) is 6.61. The fourth-order valence-electron chi connectivity index (χ4n) is 3.06. The van der Waals surface area contributed by atoms with E-state index in [9.17, 15) is 0 Å². The van der Waals surface area contributed by atoms with Crippen LogP contribution in [0.5, 0.6) is 0 Å². The molecule has 0 amide bonds. The van der Waals surface area contributed by atoms with E-state index >= 15 is 0 Å². The predicted octanol–water partition coefficient (Wildman–Crippen LogP) is 3.33. The first kappa shape index (κ1) is 12.3. The summed E-state index contributed by atoms with van der Waals surface area (Å²) in [7, 11) is 0. The molecule has 2 unspecified atom stereocenters. The lowest BCUT2D eigenvalue weighted by Gasteiger charge is -2.32. The SMILES string of the molecule is Cc1cc(NC2CC(C)CC(C)C2)nc(C)n1. The Morgan fingerprint density at radius 1 is 1.06 bits per heavy atom. The van der Waals surface area contributed by atoms with Gasteiger partial charge in [0, 0.05) is 17.8 Å². The van der Waals surface area contributed by atoms with E-state index in [1.165, 1.54) is 19.3 Å². The topological polar surface area (TPSA) is 37.8 Å². The second-order valence-electron chi connectivity index (χ2n) is 5.70. The first-order chi connectivity index (χ1) is 8.02. The van der Waals surface area contributed by atoms with Crippen LogP contribution in [0.3, 0.4) is 0 Å². The molecule has 0 radical (unpaired) electrons. The summed E-state index contributed by atoms with van der Waals surface area (Å²) < 4.78 is 0. The molecule has 0 aliphatic heterocycles. The van der Waals surface area contributed by atoms with Crippen LogP contribution in [-0.4, -0.2) is 16.0 Å². The van der Waals surface area contributed by atoms with Crippen LogP contribution in [0.4, 0.5) is 5.82 Å². The van der Waals surface area contributed by atoms with Gasteiger partial charge in [0.2, 0.25) is 0 Å².